The number of hydrogen-bond donors (Lipinski definition) is 1. The lowest BCUT2D eigenvalue weighted by Crippen LogP contribution is -2.08. The van der Waals surface area contributed by atoms with Crippen molar-refractivity contribution < 1.29 is 8.78 Å². The molecule has 1 unspecified atom stereocenters. The SMILES string of the molecule is CC(Nc1cc(F)c(Br)cn1)c1ccc(F)cc1. The van der Waals surface area contributed by atoms with Gasteiger partial charge >= 0.3 is 0 Å². The van der Waals surface area contributed by atoms with Crippen LogP contribution in [0.3, 0.4) is 0 Å². The summed E-state index contributed by atoms with van der Waals surface area (Å²) in [7, 11) is 0. The monoisotopic (exact) mass is 312 g/mol. The van der Waals surface area contributed by atoms with E-state index >= 15 is 0 Å². The molecule has 0 radical (unpaired) electrons. The molecule has 0 spiro atoms. The molecule has 0 saturated carbocycles. The third-order valence-electron chi connectivity index (χ3n) is 2.54. The van der Waals surface area contributed by atoms with E-state index in [-0.39, 0.29) is 17.7 Å². The van der Waals surface area contributed by atoms with E-state index in [0.29, 0.717) is 10.3 Å². The smallest absolute Gasteiger partial charge is 0.142 e. The number of halogens is 3. The maximum Gasteiger partial charge on any atom is 0.142 e. The van der Waals surface area contributed by atoms with Gasteiger partial charge < -0.3 is 5.32 Å². The summed E-state index contributed by atoms with van der Waals surface area (Å²) in [6.45, 7) is 1.90. The van der Waals surface area contributed by atoms with E-state index in [1.54, 1.807) is 12.1 Å². The average molecular weight is 313 g/mol. The molecule has 0 aliphatic heterocycles. The number of hydrogen-bond acceptors (Lipinski definition) is 2. The molecular weight excluding hydrogens is 302 g/mol. The highest BCUT2D eigenvalue weighted by Gasteiger charge is 2.08. The molecule has 1 N–H and O–H groups in total. The van der Waals surface area contributed by atoms with Crippen LogP contribution in [0.25, 0.3) is 0 Å². The van der Waals surface area contributed by atoms with Gasteiger partial charge in [-0.3, -0.25) is 0 Å². The molecule has 0 aliphatic carbocycles. The second kappa shape index (κ2) is 5.44. The summed E-state index contributed by atoms with van der Waals surface area (Å²) in [6, 6.07) is 7.37. The van der Waals surface area contributed by atoms with Crippen molar-refractivity contribution in [2.24, 2.45) is 0 Å². The van der Waals surface area contributed by atoms with E-state index in [9.17, 15) is 8.78 Å². The van der Waals surface area contributed by atoms with E-state index < -0.39 is 0 Å². The van der Waals surface area contributed by atoms with E-state index in [2.05, 4.69) is 26.2 Å². The predicted octanol–water partition coefficient (Wildman–Crippen LogP) is 4.30. The van der Waals surface area contributed by atoms with Crippen molar-refractivity contribution in [1.82, 2.24) is 4.98 Å². The predicted molar refractivity (Wildman–Crippen MR) is 70.3 cm³/mol. The van der Waals surface area contributed by atoms with Crippen molar-refractivity contribution in [3.8, 4) is 0 Å². The lowest BCUT2D eigenvalue weighted by Gasteiger charge is -2.15. The Balaban J connectivity index is 2.13. The molecule has 18 heavy (non-hydrogen) atoms. The summed E-state index contributed by atoms with van der Waals surface area (Å²) in [5, 5.41) is 3.05. The van der Waals surface area contributed by atoms with Gasteiger partial charge in [-0.2, -0.15) is 0 Å². The Morgan fingerprint density at radius 1 is 1.22 bits per heavy atom. The first-order valence-corrected chi connectivity index (χ1v) is 6.18. The maximum atomic E-state index is 13.3. The molecule has 2 nitrogen and oxygen atoms in total. The Kier molecular flexibility index (Phi) is 3.91. The largest absolute Gasteiger partial charge is 0.363 e. The summed E-state index contributed by atoms with van der Waals surface area (Å²) < 4.78 is 26.4. The van der Waals surface area contributed by atoms with Gasteiger partial charge in [0.1, 0.15) is 17.5 Å². The Bertz CT molecular complexity index is 543. The quantitative estimate of drug-likeness (QED) is 0.914. The lowest BCUT2D eigenvalue weighted by molar-refractivity contribution is 0.618. The summed E-state index contributed by atoms with van der Waals surface area (Å²) in [5.74, 6) is -0.218. The standard InChI is InChI=1S/C13H11BrF2N2/c1-8(9-2-4-10(15)5-3-9)18-13-6-12(16)11(14)7-17-13/h2-8H,1H3,(H,17,18). The van der Waals surface area contributed by atoms with Crippen molar-refractivity contribution in [2.45, 2.75) is 13.0 Å². The van der Waals surface area contributed by atoms with Gasteiger partial charge in [-0.1, -0.05) is 12.1 Å². The zero-order valence-electron chi connectivity index (χ0n) is 9.62. The molecule has 0 amide bonds. The van der Waals surface area contributed by atoms with E-state index in [4.69, 9.17) is 0 Å². The maximum absolute atomic E-state index is 13.3. The molecule has 0 aliphatic rings. The minimum absolute atomic E-state index is 0.0846. The molecule has 5 heteroatoms. The number of nitrogens with one attached hydrogen (secondary N) is 1. The molecule has 2 rings (SSSR count). The van der Waals surface area contributed by atoms with Crippen LogP contribution in [0.4, 0.5) is 14.6 Å². The second-order valence-corrected chi connectivity index (χ2v) is 4.76. The fourth-order valence-corrected chi connectivity index (χ4v) is 1.77. The Labute approximate surface area is 112 Å². The van der Waals surface area contributed by atoms with Gasteiger partial charge in [0.05, 0.1) is 4.47 Å². The number of aromatic nitrogens is 1. The summed E-state index contributed by atoms with van der Waals surface area (Å²) in [4.78, 5) is 4.05. The molecule has 0 bridgehead atoms. The highest BCUT2D eigenvalue weighted by molar-refractivity contribution is 9.10. The minimum Gasteiger partial charge on any atom is -0.363 e. The molecule has 1 atom stereocenters. The van der Waals surface area contributed by atoms with Crippen LogP contribution in [-0.4, -0.2) is 4.98 Å². The first-order chi connectivity index (χ1) is 8.56. The first-order valence-electron chi connectivity index (χ1n) is 5.39. The molecule has 2 aromatic rings. The highest BCUT2D eigenvalue weighted by Crippen LogP contribution is 2.21. The van der Waals surface area contributed by atoms with E-state index in [1.807, 2.05) is 6.92 Å². The van der Waals surface area contributed by atoms with Gasteiger partial charge in [-0.25, -0.2) is 13.8 Å². The normalized spacial score (nSPS) is 12.2. The van der Waals surface area contributed by atoms with Crippen LogP contribution >= 0.6 is 15.9 Å². The van der Waals surface area contributed by atoms with Crippen molar-refractivity contribution >= 4 is 21.7 Å². The number of nitrogens with zero attached hydrogens (tertiary/aromatic N) is 1. The Morgan fingerprint density at radius 2 is 1.89 bits per heavy atom. The first kappa shape index (κ1) is 13.0. The lowest BCUT2D eigenvalue weighted by atomic mass is 10.1. The Morgan fingerprint density at radius 3 is 2.50 bits per heavy atom. The van der Waals surface area contributed by atoms with Crippen LogP contribution in [0.15, 0.2) is 41.0 Å². The fourth-order valence-electron chi connectivity index (χ4n) is 1.55. The van der Waals surface area contributed by atoms with Gasteiger partial charge in [0.2, 0.25) is 0 Å². The van der Waals surface area contributed by atoms with E-state index in [0.717, 1.165) is 5.56 Å². The van der Waals surface area contributed by atoms with Gasteiger partial charge in [0, 0.05) is 18.3 Å². The van der Waals surface area contributed by atoms with Crippen LogP contribution in [0.2, 0.25) is 0 Å². The van der Waals surface area contributed by atoms with Gasteiger partial charge in [-0.15, -0.1) is 0 Å². The van der Waals surface area contributed by atoms with Crippen molar-refractivity contribution in [2.75, 3.05) is 5.32 Å². The Hall–Kier alpha value is -1.49. The molecule has 0 saturated heterocycles. The van der Waals surface area contributed by atoms with Crippen LogP contribution in [0.1, 0.15) is 18.5 Å². The van der Waals surface area contributed by atoms with Crippen molar-refractivity contribution in [3.05, 3.63) is 58.2 Å². The number of anilines is 1. The number of pyridine rings is 1. The summed E-state index contributed by atoms with van der Waals surface area (Å²) in [6.07, 6.45) is 1.40. The zero-order valence-corrected chi connectivity index (χ0v) is 11.2. The van der Waals surface area contributed by atoms with Gasteiger partial charge in [0.15, 0.2) is 0 Å². The third kappa shape index (κ3) is 3.04. The van der Waals surface area contributed by atoms with E-state index in [1.165, 1.54) is 24.4 Å². The molecule has 0 fully saturated rings. The minimum atomic E-state index is -0.376. The zero-order chi connectivity index (χ0) is 13.1. The molecule has 1 aromatic heterocycles. The van der Waals surface area contributed by atoms with Crippen molar-refractivity contribution in [1.29, 1.82) is 0 Å². The topological polar surface area (TPSA) is 24.9 Å². The second-order valence-electron chi connectivity index (χ2n) is 3.90. The van der Waals surface area contributed by atoms with Crippen LogP contribution in [-0.2, 0) is 0 Å². The molecule has 1 aromatic carbocycles. The van der Waals surface area contributed by atoms with Crippen LogP contribution < -0.4 is 5.32 Å². The molecule has 1 heterocycles. The van der Waals surface area contributed by atoms with Crippen LogP contribution in [0.5, 0.6) is 0 Å². The third-order valence-corrected chi connectivity index (χ3v) is 3.13. The van der Waals surface area contributed by atoms with Crippen LogP contribution in [0, 0.1) is 11.6 Å². The fraction of sp³-hybridized carbons (Fsp3) is 0.154. The average Bonchev–Trinajstić information content (AvgIpc) is 2.34. The molecular formula is C13H11BrF2N2. The summed E-state index contributed by atoms with van der Waals surface area (Å²) in [5.41, 5.74) is 0.904. The highest BCUT2D eigenvalue weighted by atomic mass is 79.9. The van der Waals surface area contributed by atoms with Gasteiger partial charge in [-0.05, 0) is 40.5 Å². The van der Waals surface area contributed by atoms with Gasteiger partial charge in [0.25, 0.3) is 0 Å². The number of benzene rings is 1. The number of rotatable bonds is 3. The summed E-state index contributed by atoms with van der Waals surface area (Å²) >= 11 is 3.04. The molecule has 94 valence electrons. The van der Waals surface area contributed by atoms with Crippen molar-refractivity contribution in [3.63, 3.8) is 0 Å².